The average Bonchev–Trinajstić information content (AvgIpc) is 3.02. The molecule has 0 radical (unpaired) electrons. The molecule has 1 aliphatic carbocycles. The maximum Gasteiger partial charge on any atom is 0.262 e. The lowest BCUT2D eigenvalue weighted by molar-refractivity contribution is 0.0901. The number of carbonyl (C=O) groups is 1. The molecule has 3 nitrogen and oxygen atoms in total. The molecule has 88 valence electrons. The first-order valence-corrected chi connectivity index (χ1v) is 6.99. The van der Waals surface area contributed by atoms with Crippen LogP contribution in [0.1, 0.15) is 29.4 Å². The van der Waals surface area contributed by atoms with Crippen LogP contribution in [-0.2, 0) is 0 Å². The van der Waals surface area contributed by atoms with Gasteiger partial charge in [-0.25, -0.2) is 0 Å². The Kier molecular flexibility index (Phi) is 3.37. The molecule has 5 heteroatoms. The standard InChI is InChI=1S/C11H15BrN2OS/c1-11(6-13,7-2-3-7)14-10(15)9-8(12)4-5-16-9/h4-5,7H,2-3,6,13H2,1H3,(H,14,15). The van der Waals surface area contributed by atoms with E-state index in [0.29, 0.717) is 12.5 Å². The van der Waals surface area contributed by atoms with E-state index >= 15 is 0 Å². The van der Waals surface area contributed by atoms with Crippen LogP contribution in [0.5, 0.6) is 0 Å². The first-order chi connectivity index (χ1) is 7.57. The van der Waals surface area contributed by atoms with Gasteiger partial charge in [-0.2, -0.15) is 0 Å². The van der Waals surface area contributed by atoms with Crippen LogP contribution in [-0.4, -0.2) is 18.0 Å². The highest BCUT2D eigenvalue weighted by Crippen LogP contribution is 2.39. The average molecular weight is 303 g/mol. The van der Waals surface area contributed by atoms with Crippen molar-refractivity contribution >= 4 is 33.2 Å². The van der Waals surface area contributed by atoms with Gasteiger partial charge in [0.25, 0.3) is 5.91 Å². The van der Waals surface area contributed by atoms with Crippen molar-refractivity contribution in [3.05, 3.63) is 20.8 Å². The summed E-state index contributed by atoms with van der Waals surface area (Å²) in [4.78, 5) is 12.8. The molecule has 2 rings (SSSR count). The van der Waals surface area contributed by atoms with Crippen LogP contribution < -0.4 is 11.1 Å². The second-order valence-electron chi connectivity index (χ2n) is 4.45. The normalized spacial score (nSPS) is 19.2. The van der Waals surface area contributed by atoms with E-state index in [0.717, 1.165) is 9.35 Å². The molecule has 1 unspecified atom stereocenters. The summed E-state index contributed by atoms with van der Waals surface area (Å²) < 4.78 is 0.852. The van der Waals surface area contributed by atoms with Crippen LogP contribution in [0.2, 0.25) is 0 Å². The minimum Gasteiger partial charge on any atom is -0.345 e. The van der Waals surface area contributed by atoms with E-state index in [-0.39, 0.29) is 11.4 Å². The molecule has 1 saturated carbocycles. The molecule has 1 aliphatic rings. The van der Waals surface area contributed by atoms with Crippen LogP contribution in [0.15, 0.2) is 15.9 Å². The van der Waals surface area contributed by atoms with Crippen LogP contribution in [0, 0.1) is 5.92 Å². The Bertz CT molecular complexity index is 402. The van der Waals surface area contributed by atoms with Gasteiger partial charge in [-0.3, -0.25) is 4.79 Å². The van der Waals surface area contributed by atoms with Crippen LogP contribution >= 0.6 is 27.3 Å². The summed E-state index contributed by atoms with van der Waals surface area (Å²) in [6, 6.07) is 1.89. The fraction of sp³-hybridized carbons (Fsp3) is 0.545. The van der Waals surface area contributed by atoms with E-state index in [4.69, 9.17) is 5.73 Å². The third-order valence-electron chi connectivity index (χ3n) is 3.12. The van der Waals surface area contributed by atoms with Gasteiger partial charge in [0.05, 0.1) is 5.54 Å². The fourth-order valence-corrected chi connectivity index (χ4v) is 3.26. The molecule has 1 aromatic rings. The topological polar surface area (TPSA) is 55.1 Å². The maximum absolute atomic E-state index is 12.0. The van der Waals surface area contributed by atoms with Crippen LogP contribution in [0.4, 0.5) is 0 Å². The van der Waals surface area contributed by atoms with Crippen molar-refractivity contribution in [3.8, 4) is 0 Å². The molecule has 1 atom stereocenters. The minimum absolute atomic E-state index is 0.0262. The quantitative estimate of drug-likeness (QED) is 0.897. The lowest BCUT2D eigenvalue weighted by Crippen LogP contribution is -2.53. The molecule has 3 N–H and O–H groups in total. The first-order valence-electron chi connectivity index (χ1n) is 5.32. The highest BCUT2D eigenvalue weighted by Gasteiger charge is 2.41. The summed E-state index contributed by atoms with van der Waals surface area (Å²) in [6.07, 6.45) is 2.33. The Morgan fingerprint density at radius 2 is 2.44 bits per heavy atom. The number of nitrogens with two attached hydrogens (primary N) is 1. The number of hydrogen-bond acceptors (Lipinski definition) is 3. The van der Waals surface area contributed by atoms with E-state index in [2.05, 4.69) is 21.2 Å². The van der Waals surface area contributed by atoms with E-state index in [1.54, 1.807) is 0 Å². The molecule has 0 bridgehead atoms. The summed E-state index contributed by atoms with van der Waals surface area (Å²) in [5.41, 5.74) is 5.52. The molecular formula is C11H15BrN2OS. The molecular weight excluding hydrogens is 288 g/mol. The van der Waals surface area contributed by atoms with Gasteiger partial charge in [0.1, 0.15) is 4.88 Å². The summed E-state index contributed by atoms with van der Waals surface area (Å²) >= 11 is 4.81. The Labute approximate surface area is 108 Å². The third-order valence-corrected chi connectivity index (χ3v) is 4.96. The lowest BCUT2D eigenvalue weighted by Gasteiger charge is -2.29. The van der Waals surface area contributed by atoms with Gasteiger partial charge in [0.2, 0.25) is 0 Å². The van der Waals surface area contributed by atoms with Gasteiger partial charge in [0, 0.05) is 11.0 Å². The number of thiophene rings is 1. The van der Waals surface area contributed by atoms with Gasteiger partial charge in [-0.15, -0.1) is 11.3 Å². The Morgan fingerprint density at radius 3 is 2.88 bits per heavy atom. The van der Waals surface area contributed by atoms with Gasteiger partial charge < -0.3 is 11.1 Å². The zero-order valence-corrected chi connectivity index (χ0v) is 11.5. The second kappa shape index (κ2) is 4.47. The summed E-state index contributed by atoms with van der Waals surface area (Å²) in [5.74, 6) is 0.516. The molecule has 0 saturated heterocycles. The molecule has 0 aromatic carbocycles. The van der Waals surface area contributed by atoms with E-state index in [9.17, 15) is 4.79 Å². The van der Waals surface area contributed by atoms with Gasteiger partial charge >= 0.3 is 0 Å². The predicted molar refractivity (Wildman–Crippen MR) is 69.7 cm³/mol. The smallest absolute Gasteiger partial charge is 0.262 e. The highest BCUT2D eigenvalue weighted by molar-refractivity contribution is 9.10. The van der Waals surface area contributed by atoms with Crippen molar-refractivity contribution in [2.24, 2.45) is 11.7 Å². The van der Waals surface area contributed by atoms with Crippen LogP contribution in [0.3, 0.4) is 0 Å². The third kappa shape index (κ3) is 2.31. The van der Waals surface area contributed by atoms with Gasteiger partial charge in [0.15, 0.2) is 0 Å². The van der Waals surface area contributed by atoms with E-state index < -0.39 is 0 Å². The molecule has 0 spiro atoms. The number of amides is 1. The highest BCUT2D eigenvalue weighted by atomic mass is 79.9. The maximum atomic E-state index is 12.0. The minimum atomic E-state index is -0.249. The Hall–Kier alpha value is -0.390. The first kappa shape index (κ1) is 12.1. The molecule has 1 amide bonds. The Balaban J connectivity index is 2.09. The number of halogens is 1. The monoisotopic (exact) mass is 302 g/mol. The van der Waals surface area contributed by atoms with Gasteiger partial charge in [-0.1, -0.05) is 0 Å². The van der Waals surface area contributed by atoms with Crippen LogP contribution in [0.25, 0.3) is 0 Å². The summed E-state index contributed by atoms with van der Waals surface area (Å²) in [7, 11) is 0. The number of nitrogens with one attached hydrogen (secondary N) is 1. The summed E-state index contributed by atoms with van der Waals surface area (Å²) in [6.45, 7) is 2.52. The SMILES string of the molecule is CC(CN)(NC(=O)c1sccc1Br)C1CC1. The molecule has 16 heavy (non-hydrogen) atoms. The molecule has 1 aromatic heterocycles. The van der Waals surface area contributed by atoms with Crippen molar-refractivity contribution in [1.29, 1.82) is 0 Å². The summed E-state index contributed by atoms with van der Waals surface area (Å²) in [5, 5.41) is 4.96. The number of hydrogen-bond donors (Lipinski definition) is 2. The zero-order chi connectivity index (χ0) is 11.8. The largest absolute Gasteiger partial charge is 0.345 e. The number of rotatable bonds is 4. The fourth-order valence-electron chi connectivity index (χ4n) is 1.81. The van der Waals surface area contributed by atoms with Crippen molar-refractivity contribution in [1.82, 2.24) is 5.32 Å². The Morgan fingerprint density at radius 1 is 1.75 bits per heavy atom. The number of carbonyl (C=O) groups excluding carboxylic acids is 1. The predicted octanol–water partition coefficient (Wildman–Crippen LogP) is 2.37. The molecule has 1 fully saturated rings. The van der Waals surface area contributed by atoms with E-state index in [1.807, 2.05) is 18.4 Å². The van der Waals surface area contributed by atoms with Gasteiger partial charge in [-0.05, 0) is 53.1 Å². The zero-order valence-electron chi connectivity index (χ0n) is 9.13. The van der Waals surface area contributed by atoms with Crippen molar-refractivity contribution < 1.29 is 4.79 Å². The van der Waals surface area contributed by atoms with Crippen molar-refractivity contribution in [3.63, 3.8) is 0 Å². The van der Waals surface area contributed by atoms with Crippen molar-refractivity contribution in [2.45, 2.75) is 25.3 Å². The molecule has 0 aliphatic heterocycles. The molecule has 1 heterocycles. The van der Waals surface area contributed by atoms with Crippen molar-refractivity contribution in [2.75, 3.05) is 6.54 Å². The lowest BCUT2D eigenvalue weighted by atomic mass is 9.96. The second-order valence-corrected chi connectivity index (χ2v) is 6.22. The van der Waals surface area contributed by atoms with E-state index in [1.165, 1.54) is 24.2 Å².